The predicted octanol–water partition coefficient (Wildman–Crippen LogP) is 4.05. The molecule has 0 spiro atoms. The molecule has 0 aliphatic heterocycles. The van der Waals surface area contributed by atoms with Crippen molar-refractivity contribution in [2.75, 3.05) is 6.61 Å². The number of carbonyl (C=O) groups excluding carboxylic acids is 1. The van der Waals surface area contributed by atoms with Gasteiger partial charge in [0.1, 0.15) is 5.52 Å². The van der Waals surface area contributed by atoms with Crippen LogP contribution in [0.5, 0.6) is 0 Å². The van der Waals surface area contributed by atoms with E-state index in [1.165, 1.54) is 0 Å². The molecule has 6 heteroatoms. The molecular formula is C19H19ClN2O3. The van der Waals surface area contributed by atoms with E-state index < -0.39 is 12.1 Å². The molecule has 0 aliphatic carbocycles. The van der Waals surface area contributed by atoms with Gasteiger partial charge in [0.05, 0.1) is 12.1 Å². The van der Waals surface area contributed by atoms with Crippen LogP contribution in [0.4, 0.5) is 0 Å². The number of rotatable bonds is 5. The molecule has 1 heterocycles. The van der Waals surface area contributed by atoms with Gasteiger partial charge in [-0.05, 0) is 39.0 Å². The van der Waals surface area contributed by atoms with Gasteiger partial charge in [-0.3, -0.25) is 0 Å². The predicted molar refractivity (Wildman–Crippen MR) is 97.6 cm³/mol. The van der Waals surface area contributed by atoms with E-state index in [1.807, 2.05) is 37.3 Å². The van der Waals surface area contributed by atoms with E-state index in [2.05, 4.69) is 4.98 Å². The lowest BCUT2D eigenvalue weighted by Crippen LogP contribution is -2.32. The molecule has 0 radical (unpaired) electrons. The minimum Gasteiger partial charge on any atom is -0.463 e. The molecule has 0 saturated carbocycles. The molecule has 0 amide bonds. The Labute approximate surface area is 151 Å². The first-order chi connectivity index (χ1) is 12.0. The summed E-state index contributed by atoms with van der Waals surface area (Å²) >= 11 is 6.13. The molecule has 0 N–H and O–H groups in total. The molecule has 1 aromatic heterocycles. The van der Waals surface area contributed by atoms with Crippen LogP contribution < -0.4 is 4.84 Å². The van der Waals surface area contributed by atoms with Crippen LogP contribution in [0.1, 0.15) is 19.4 Å². The standard InChI is InChI=1S/C19H19ClN2O3/c1-4-24-19(23)13(3)25-22-17-11-15(20)9-10-16(17)21-18(22)14-7-5-12(2)6-8-14/h5-11,13H,4H2,1-3H3. The van der Waals surface area contributed by atoms with Gasteiger partial charge in [-0.15, -0.1) is 0 Å². The van der Waals surface area contributed by atoms with Crippen LogP contribution in [0.25, 0.3) is 22.4 Å². The van der Waals surface area contributed by atoms with Gasteiger partial charge < -0.3 is 9.57 Å². The number of carbonyl (C=O) groups is 1. The number of fused-ring (bicyclic) bond motifs is 1. The Balaban J connectivity index is 2.09. The zero-order valence-corrected chi connectivity index (χ0v) is 15.1. The zero-order valence-electron chi connectivity index (χ0n) is 14.3. The average Bonchev–Trinajstić information content (AvgIpc) is 2.93. The first kappa shape index (κ1) is 17.3. The van der Waals surface area contributed by atoms with E-state index in [9.17, 15) is 4.79 Å². The maximum atomic E-state index is 12.0. The van der Waals surface area contributed by atoms with Crippen LogP contribution in [0.3, 0.4) is 0 Å². The molecule has 25 heavy (non-hydrogen) atoms. The molecule has 0 fully saturated rings. The summed E-state index contributed by atoms with van der Waals surface area (Å²) in [4.78, 5) is 22.5. The molecule has 3 rings (SSSR count). The molecule has 0 aliphatic rings. The highest BCUT2D eigenvalue weighted by atomic mass is 35.5. The van der Waals surface area contributed by atoms with E-state index in [-0.39, 0.29) is 0 Å². The molecule has 0 bridgehead atoms. The minimum atomic E-state index is -0.777. The molecule has 5 nitrogen and oxygen atoms in total. The summed E-state index contributed by atoms with van der Waals surface area (Å²) in [6.07, 6.45) is -0.777. The van der Waals surface area contributed by atoms with Crippen LogP contribution >= 0.6 is 11.6 Å². The van der Waals surface area contributed by atoms with Crippen LogP contribution in [0, 0.1) is 6.92 Å². The second-order valence-corrected chi connectivity index (χ2v) is 6.16. The summed E-state index contributed by atoms with van der Waals surface area (Å²) < 4.78 is 6.57. The number of nitrogens with zero attached hydrogens (tertiary/aromatic N) is 2. The van der Waals surface area contributed by atoms with Crippen LogP contribution in [0.2, 0.25) is 5.02 Å². The Morgan fingerprint density at radius 1 is 1.24 bits per heavy atom. The fourth-order valence-corrected chi connectivity index (χ4v) is 2.65. The van der Waals surface area contributed by atoms with Crippen LogP contribution in [-0.2, 0) is 9.53 Å². The van der Waals surface area contributed by atoms with Crippen molar-refractivity contribution in [1.29, 1.82) is 0 Å². The number of hydrogen-bond donors (Lipinski definition) is 0. The topological polar surface area (TPSA) is 53.4 Å². The maximum absolute atomic E-state index is 12.0. The lowest BCUT2D eigenvalue weighted by molar-refractivity contribution is -0.155. The first-order valence-electron chi connectivity index (χ1n) is 8.08. The summed E-state index contributed by atoms with van der Waals surface area (Å²) in [5, 5.41) is 0.566. The Bertz CT molecular complexity index is 903. The van der Waals surface area contributed by atoms with Crippen LogP contribution in [-0.4, -0.2) is 28.4 Å². The third kappa shape index (κ3) is 3.61. The SMILES string of the molecule is CCOC(=O)C(C)On1c(-c2ccc(C)cc2)nc2ccc(Cl)cc21. The third-order valence-electron chi connectivity index (χ3n) is 3.77. The first-order valence-corrected chi connectivity index (χ1v) is 8.46. The van der Waals surface area contributed by atoms with Crippen molar-refractivity contribution >= 4 is 28.6 Å². The second kappa shape index (κ2) is 7.15. The monoisotopic (exact) mass is 358 g/mol. The fourth-order valence-electron chi connectivity index (χ4n) is 2.48. The number of aromatic nitrogens is 2. The Kier molecular flexibility index (Phi) is 4.95. The van der Waals surface area contributed by atoms with Gasteiger partial charge in [0.15, 0.2) is 5.82 Å². The highest BCUT2D eigenvalue weighted by Crippen LogP contribution is 2.26. The largest absolute Gasteiger partial charge is 0.463 e. The number of imidazole rings is 1. The number of halogens is 1. The van der Waals surface area contributed by atoms with Crippen molar-refractivity contribution in [2.24, 2.45) is 0 Å². The molecule has 1 atom stereocenters. The van der Waals surface area contributed by atoms with Crippen molar-refractivity contribution in [3.05, 3.63) is 53.1 Å². The Hall–Kier alpha value is -2.53. The van der Waals surface area contributed by atoms with E-state index >= 15 is 0 Å². The Morgan fingerprint density at radius 2 is 1.96 bits per heavy atom. The third-order valence-corrected chi connectivity index (χ3v) is 4.00. The van der Waals surface area contributed by atoms with E-state index in [0.717, 1.165) is 16.6 Å². The smallest absolute Gasteiger partial charge is 0.349 e. The summed E-state index contributed by atoms with van der Waals surface area (Å²) in [5.41, 5.74) is 3.46. The number of esters is 1. The van der Waals surface area contributed by atoms with Crippen LogP contribution in [0.15, 0.2) is 42.5 Å². The van der Waals surface area contributed by atoms with Gasteiger partial charge in [-0.2, -0.15) is 4.73 Å². The highest BCUT2D eigenvalue weighted by molar-refractivity contribution is 6.31. The summed E-state index contributed by atoms with van der Waals surface area (Å²) in [6.45, 7) is 5.72. The minimum absolute atomic E-state index is 0.299. The lowest BCUT2D eigenvalue weighted by Gasteiger charge is -2.16. The molecule has 1 unspecified atom stereocenters. The molecular weight excluding hydrogens is 340 g/mol. The van der Waals surface area contributed by atoms with Gasteiger partial charge in [-0.1, -0.05) is 41.4 Å². The second-order valence-electron chi connectivity index (χ2n) is 5.73. The molecule has 2 aromatic carbocycles. The van der Waals surface area contributed by atoms with Gasteiger partial charge in [-0.25, -0.2) is 9.78 Å². The normalized spacial score (nSPS) is 12.2. The molecule has 130 valence electrons. The zero-order chi connectivity index (χ0) is 18.0. The van der Waals surface area contributed by atoms with E-state index in [0.29, 0.717) is 23.0 Å². The average molecular weight is 359 g/mol. The molecule has 0 saturated heterocycles. The number of ether oxygens (including phenoxy) is 1. The summed E-state index contributed by atoms with van der Waals surface area (Å²) in [7, 11) is 0. The van der Waals surface area contributed by atoms with E-state index in [1.54, 1.807) is 30.7 Å². The lowest BCUT2D eigenvalue weighted by atomic mass is 10.1. The van der Waals surface area contributed by atoms with Gasteiger partial charge in [0.25, 0.3) is 0 Å². The fraction of sp³-hybridized carbons (Fsp3) is 0.263. The van der Waals surface area contributed by atoms with Crippen molar-refractivity contribution < 1.29 is 14.4 Å². The van der Waals surface area contributed by atoms with Crippen molar-refractivity contribution in [3.63, 3.8) is 0 Å². The van der Waals surface area contributed by atoms with Crippen molar-refractivity contribution in [1.82, 2.24) is 9.71 Å². The Morgan fingerprint density at radius 3 is 2.64 bits per heavy atom. The van der Waals surface area contributed by atoms with Crippen molar-refractivity contribution in [3.8, 4) is 11.4 Å². The number of hydrogen-bond acceptors (Lipinski definition) is 4. The van der Waals surface area contributed by atoms with Gasteiger partial charge in [0.2, 0.25) is 6.10 Å². The van der Waals surface area contributed by atoms with Gasteiger partial charge >= 0.3 is 5.97 Å². The highest BCUT2D eigenvalue weighted by Gasteiger charge is 2.21. The number of benzene rings is 2. The maximum Gasteiger partial charge on any atom is 0.349 e. The summed E-state index contributed by atoms with van der Waals surface area (Å²) in [5.74, 6) is 0.176. The van der Waals surface area contributed by atoms with Crippen molar-refractivity contribution in [2.45, 2.75) is 26.9 Å². The van der Waals surface area contributed by atoms with Gasteiger partial charge in [0, 0.05) is 10.6 Å². The number of aryl methyl sites for hydroxylation is 1. The summed E-state index contributed by atoms with van der Waals surface area (Å²) in [6, 6.07) is 13.3. The quantitative estimate of drug-likeness (QED) is 0.646. The molecule has 3 aromatic rings. The van der Waals surface area contributed by atoms with E-state index in [4.69, 9.17) is 21.2 Å².